The van der Waals surface area contributed by atoms with E-state index in [9.17, 15) is 0 Å². The lowest BCUT2D eigenvalue weighted by molar-refractivity contribution is 0.348. The van der Waals surface area contributed by atoms with Gasteiger partial charge >= 0.3 is 0 Å². The number of aromatic amines is 1. The van der Waals surface area contributed by atoms with Gasteiger partial charge in [0.25, 0.3) is 0 Å². The molecule has 2 aromatic rings. The summed E-state index contributed by atoms with van der Waals surface area (Å²) < 4.78 is 2.93. The molecule has 5 heteroatoms. The summed E-state index contributed by atoms with van der Waals surface area (Å²) in [7, 11) is 0. The largest absolute Gasteiger partial charge is 0.300 e. The second kappa shape index (κ2) is 4.81. The molecule has 0 spiro atoms. The van der Waals surface area contributed by atoms with Gasteiger partial charge in [0, 0.05) is 24.5 Å². The minimum Gasteiger partial charge on any atom is -0.300 e. The Balaban J connectivity index is 1.67. The monoisotopic (exact) mass is 286 g/mol. The number of H-pyrrole nitrogens is 1. The molecule has 0 aromatic carbocycles. The molecule has 0 radical (unpaired) electrons. The third-order valence-corrected chi connectivity index (χ3v) is 4.86. The van der Waals surface area contributed by atoms with Gasteiger partial charge in [-0.05, 0) is 67.8 Å². The summed E-state index contributed by atoms with van der Waals surface area (Å²) in [5, 5.41) is 7.37. The molecule has 0 bridgehead atoms. The van der Waals surface area contributed by atoms with E-state index in [-0.39, 0.29) is 0 Å². The molecule has 2 heterocycles. The molecule has 4 nitrogen and oxygen atoms in total. The molecule has 0 atom stereocenters. The van der Waals surface area contributed by atoms with Crippen molar-refractivity contribution in [1.29, 1.82) is 0 Å². The fraction of sp³-hybridized carbons (Fsp3) is 0.533. The topological polar surface area (TPSA) is 46.5 Å². The van der Waals surface area contributed by atoms with Crippen molar-refractivity contribution in [1.82, 2.24) is 19.7 Å². The maximum atomic E-state index is 5.43. The van der Waals surface area contributed by atoms with Gasteiger partial charge in [0.15, 0.2) is 10.6 Å². The van der Waals surface area contributed by atoms with Crippen LogP contribution in [-0.4, -0.2) is 19.7 Å². The number of rotatable bonds is 5. The zero-order chi connectivity index (χ0) is 13.5. The normalized spacial score (nSPS) is 18.6. The van der Waals surface area contributed by atoms with Gasteiger partial charge in [-0.3, -0.25) is 14.6 Å². The van der Waals surface area contributed by atoms with Crippen molar-refractivity contribution in [3.05, 3.63) is 29.3 Å². The first kappa shape index (κ1) is 12.3. The van der Waals surface area contributed by atoms with E-state index in [0.29, 0.717) is 0 Å². The molecule has 0 unspecified atom stereocenters. The van der Waals surface area contributed by atoms with Crippen LogP contribution in [-0.2, 0) is 6.54 Å². The number of hydrogen-bond donors (Lipinski definition) is 1. The van der Waals surface area contributed by atoms with E-state index < -0.39 is 0 Å². The third kappa shape index (κ3) is 2.30. The summed E-state index contributed by atoms with van der Waals surface area (Å²) in [5.41, 5.74) is 1.08. The molecule has 0 aliphatic heterocycles. The predicted octanol–water partition coefficient (Wildman–Crippen LogP) is 3.44. The van der Waals surface area contributed by atoms with Crippen LogP contribution in [0.3, 0.4) is 0 Å². The SMILES string of the molecule is S=c1[nH]nc(-c2ccncc2)n1CC(C1CC1)C1CC1. The first-order chi connectivity index (χ1) is 9.83. The van der Waals surface area contributed by atoms with Crippen molar-refractivity contribution in [2.24, 2.45) is 17.8 Å². The van der Waals surface area contributed by atoms with E-state index in [0.717, 1.165) is 40.5 Å². The number of hydrogen-bond acceptors (Lipinski definition) is 3. The van der Waals surface area contributed by atoms with Crippen LogP contribution in [0.4, 0.5) is 0 Å². The minimum absolute atomic E-state index is 0.739. The van der Waals surface area contributed by atoms with Crippen LogP contribution >= 0.6 is 12.2 Å². The molecule has 1 N–H and O–H groups in total. The fourth-order valence-corrected chi connectivity index (χ4v) is 3.36. The van der Waals surface area contributed by atoms with Crippen molar-refractivity contribution in [2.75, 3.05) is 0 Å². The Morgan fingerprint density at radius 1 is 1.20 bits per heavy atom. The molecule has 2 aromatic heterocycles. The molecular formula is C15H18N4S. The van der Waals surface area contributed by atoms with Gasteiger partial charge in [0.05, 0.1) is 0 Å². The highest BCUT2D eigenvalue weighted by Gasteiger charge is 2.41. The zero-order valence-electron chi connectivity index (χ0n) is 11.3. The van der Waals surface area contributed by atoms with Crippen LogP contribution < -0.4 is 0 Å². The Hall–Kier alpha value is -1.49. The average molecular weight is 286 g/mol. The summed E-state index contributed by atoms with van der Waals surface area (Å²) >= 11 is 5.43. The maximum absolute atomic E-state index is 5.43. The van der Waals surface area contributed by atoms with Gasteiger partial charge in [0.1, 0.15) is 0 Å². The first-order valence-electron chi connectivity index (χ1n) is 7.38. The van der Waals surface area contributed by atoms with E-state index >= 15 is 0 Å². The standard InChI is InChI=1S/C15H18N4S/c20-15-18-17-14(12-5-7-16-8-6-12)19(15)9-13(10-1-2-10)11-3-4-11/h5-8,10-11,13H,1-4,9H2,(H,18,20). The molecule has 2 aliphatic rings. The third-order valence-electron chi connectivity index (χ3n) is 4.55. The number of aromatic nitrogens is 4. The minimum atomic E-state index is 0.739. The highest BCUT2D eigenvalue weighted by molar-refractivity contribution is 7.71. The van der Waals surface area contributed by atoms with E-state index in [1.165, 1.54) is 25.7 Å². The molecule has 0 saturated heterocycles. The van der Waals surface area contributed by atoms with Gasteiger partial charge in [-0.15, -0.1) is 0 Å². The number of pyridine rings is 1. The van der Waals surface area contributed by atoms with Gasteiger partial charge < -0.3 is 0 Å². The summed E-state index contributed by atoms with van der Waals surface area (Å²) in [6, 6.07) is 3.98. The Labute approximate surface area is 123 Å². The van der Waals surface area contributed by atoms with Crippen LogP contribution in [0.15, 0.2) is 24.5 Å². The van der Waals surface area contributed by atoms with Gasteiger partial charge in [-0.2, -0.15) is 5.10 Å². The average Bonchev–Trinajstić information content (AvgIpc) is 3.37. The Kier molecular flexibility index (Phi) is 2.95. The zero-order valence-corrected chi connectivity index (χ0v) is 12.1. The van der Waals surface area contributed by atoms with E-state index in [1.807, 2.05) is 12.1 Å². The highest BCUT2D eigenvalue weighted by Crippen LogP contribution is 2.50. The van der Waals surface area contributed by atoms with Gasteiger partial charge in [0.2, 0.25) is 0 Å². The second-order valence-corrected chi connectivity index (χ2v) is 6.42. The number of nitrogens with one attached hydrogen (secondary N) is 1. The van der Waals surface area contributed by atoms with Crippen molar-refractivity contribution in [3.8, 4) is 11.4 Å². The molecular weight excluding hydrogens is 268 g/mol. The molecule has 2 aliphatic carbocycles. The Morgan fingerprint density at radius 3 is 2.45 bits per heavy atom. The van der Waals surface area contributed by atoms with Crippen molar-refractivity contribution in [2.45, 2.75) is 32.2 Å². The Morgan fingerprint density at radius 2 is 1.85 bits per heavy atom. The summed E-state index contributed by atoms with van der Waals surface area (Å²) in [5.74, 6) is 3.58. The quantitative estimate of drug-likeness (QED) is 0.856. The lowest BCUT2D eigenvalue weighted by Crippen LogP contribution is -2.16. The smallest absolute Gasteiger partial charge is 0.195 e. The van der Waals surface area contributed by atoms with Crippen molar-refractivity contribution < 1.29 is 0 Å². The van der Waals surface area contributed by atoms with Crippen LogP contribution in [0.5, 0.6) is 0 Å². The molecule has 2 fully saturated rings. The summed E-state index contributed by atoms with van der Waals surface area (Å²) in [6.45, 7) is 1.02. The highest BCUT2D eigenvalue weighted by atomic mass is 32.1. The lowest BCUT2D eigenvalue weighted by Gasteiger charge is -2.17. The summed E-state index contributed by atoms with van der Waals surface area (Å²) in [4.78, 5) is 4.07. The molecule has 0 amide bonds. The maximum Gasteiger partial charge on any atom is 0.195 e. The molecule has 104 valence electrons. The molecule has 20 heavy (non-hydrogen) atoms. The van der Waals surface area contributed by atoms with E-state index in [2.05, 4.69) is 19.7 Å². The van der Waals surface area contributed by atoms with Crippen LogP contribution in [0, 0.1) is 22.5 Å². The van der Waals surface area contributed by atoms with Crippen LogP contribution in [0.25, 0.3) is 11.4 Å². The second-order valence-electron chi connectivity index (χ2n) is 6.04. The number of nitrogens with zero attached hydrogens (tertiary/aromatic N) is 3. The fourth-order valence-electron chi connectivity index (χ4n) is 3.15. The van der Waals surface area contributed by atoms with E-state index in [4.69, 9.17) is 12.2 Å². The summed E-state index contributed by atoms with van der Waals surface area (Å²) in [6.07, 6.45) is 9.20. The van der Waals surface area contributed by atoms with Crippen LogP contribution in [0.2, 0.25) is 0 Å². The van der Waals surface area contributed by atoms with Crippen LogP contribution in [0.1, 0.15) is 25.7 Å². The first-order valence-corrected chi connectivity index (χ1v) is 7.79. The van der Waals surface area contributed by atoms with Crippen molar-refractivity contribution >= 4 is 12.2 Å². The van der Waals surface area contributed by atoms with Gasteiger partial charge in [-0.25, -0.2) is 0 Å². The van der Waals surface area contributed by atoms with Crippen molar-refractivity contribution in [3.63, 3.8) is 0 Å². The predicted molar refractivity (Wildman–Crippen MR) is 79.6 cm³/mol. The molecule has 4 rings (SSSR count). The Bertz CT molecular complexity index is 640. The lowest BCUT2D eigenvalue weighted by atomic mass is 9.98. The molecule has 2 saturated carbocycles. The van der Waals surface area contributed by atoms with E-state index in [1.54, 1.807) is 12.4 Å². The van der Waals surface area contributed by atoms with Gasteiger partial charge in [-0.1, -0.05) is 0 Å².